The molecule has 0 aliphatic carbocycles. The van der Waals surface area contributed by atoms with Crippen molar-refractivity contribution in [2.45, 2.75) is 64.6 Å². The van der Waals surface area contributed by atoms with Gasteiger partial charge in [-0.25, -0.2) is 0 Å². The van der Waals surface area contributed by atoms with Gasteiger partial charge in [-0.1, -0.05) is 0 Å². The maximum atomic E-state index is 9.67. The van der Waals surface area contributed by atoms with Gasteiger partial charge in [-0.2, -0.15) is 0 Å². The highest BCUT2D eigenvalue weighted by Gasteiger charge is 2.40. The summed E-state index contributed by atoms with van der Waals surface area (Å²) >= 11 is 0. The second-order valence-corrected chi connectivity index (χ2v) is 7.85. The Kier molecular flexibility index (Phi) is 3.79. The molecule has 3 nitrogen and oxygen atoms in total. The summed E-state index contributed by atoms with van der Waals surface area (Å²) in [5, 5.41) is 9.67. The van der Waals surface area contributed by atoms with Crippen molar-refractivity contribution in [2.75, 3.05) is 26.2 Å². The topological polar surface area (TPSA) is 26.7 Å². The van der Waals surface area contributed by atoms with Crippen molar-refractivity contribution in [1.29, 1.82) is 0 Å². The zero-order valence-electron chi connectivity index (χ0n) is 12.7. The van der Waals surface area contributed by atoms with E-state index < -0.39 is 0 Å². The first-order valence-electron chi connectivity index (χ1n) is 7.37. The molecule has 0 aromatic heterocycles. The van der Waals surface area contributed by atoms with Crippen LogP contribution in [0, 0.1) is 5.92 Å². The Morgan fingerprint density at radius 3 is 2.06 bits per heavy atom. The molecule has 0 radical (unpaired) electrons. The predicted octanol–water partition coefficient (Wildman–Crippen LogP) is 1.95. The molecule has 0 aromatic rings. The van der Waals surface area contributed by atoms with Crippen molar-refractivity contribution in [3.05, 3.63) is 0 Å². The lowest BCUT2D eigenvalue weighted by atomic mass is 9.82. The molecule has 2 heterocycles. The molecule has 1 atom stereocenters. The molecule has 0 saturated carbocycles. The Balaban J connectivity index is 1.80. The molecule has 3 heteroatoms. The van der Waals surface area contributed by atoms with Crippen LogP contribution in [0.3, 0.4) is 0 Å². The number of aliphatic hydroxyl groups excluding tert-OH is 1. The minimum absolute atomic E-state index is 0.100. The molecule has 0 bridgehead atoms. The molecule has 106 valence electrons. The van der Waals surface area contributed by atoms with E-state index in [0.29, 0.717) is 5.54 Å². The normalized spacial score (nSPS) is 28.7. The summed E-state index contributed by atoms with van der Waals surface area (Å²) in [4.78, 5) is 5.03. The minimum Gasteiger partial charge on any atom is -0.392 e. The Morgan fingerprint density at radius 1 is 1.00 bits per heavy atom. The fourth-order valence-corrected chi connectivity index (χ4v) is 3.37. The van der Waals surface area contributed by atoms with Crippen LogP contribution < -0.4 is 0 Å². The number of aliphatic hydroxyl groups is 1. The van der Waals surface area contributed by atoms with Crippen LogP contribution in [-0.4, -0.2) is 58.3 Å². The molecule has 18 heavy (non-hydrogen) atoms. The fourth-order valence-electron chi connectivity index (χ4n) is 3.37. The maximum Gasteiger partial charge on any atom is 0.0679 e. The van der Waals surface area contributed by atoms with E-state index in [9.17, 15) is 5.11 Å². The van der Waals surface area contributed by atoms with Gasteiger partial charge in [-0.05, 0) is 53.4 Å². The van der Waals surface area contributed by atoms with Crippen LogP contribution in [0.5, 0.6) is 0 Å². The van der Waals surface area contributed by atoms with Gasteiger partial charge < -0.3 is 5.11 Å². The van der Waals surface area contributed by atoms with Gasteiger partial charge in [0.1, 0.15) is 0 Å². The van der Waals surface area contributed by atoms with E-state index in [-0.39, 0.29) is 11.6 Å². The lowest BCUT2D eigenvalue weighted by Crippen LogP contribution is -2.58. The number of rotatable bonds is 3. The third-order valence-electron chi connectivity index (χ3n) is 4.71. The smallest absolute Gasteiger partial charge is 0.0679 e. The van der Waals surface area contributed by atoms with Crippen LogP contribution >= 0.6 is 0 Å². The molecule has 2 fully saturated rings. The number of nitrogens with zero attached hydrogens (tertiary/aromatic N) is 2. The van der Waals surface area contributed by atoms with Crippen LogP contribution in [0.1, 0.15) is 47.5 Å². The number of likely N-dealkylation sites (tertiary alicyclic amines) is 2. The Hall–Kier alpha value is -0.120. The van der Waals surface area contributed by atoms with Crippen LogP contribution in [0.2, 0.25) is 0 Å². The molecular weight excluding hydrogens is 224 g/mol. The summed E-state index contributed by atoms with van der Waals surface area (Å²) in [7, 11) is 0. The summed E-state index contributed by atoms with van der Waals surface area (Å²) in [5.41, 5.74) is 0.566. The number of hydrogen-bond acceptors (Lipinski definition) is 3. The third kappa shape index (κ3) is 3.06. The van der Waals surface area contributed by atoms with Crippen molar-refractivity contribution in [3.63, 3.8) is 0 Å². The highest BCUT2D eigenvalue weighted by Crippen LogP contribution is 2.34. The number of hydrogen-bond donors (Lipinski definition) is 1. The predicted molar refractivity (Wildman–Crippen MR) is 75.7 cm³/mol. The zero-order chi connectivity index (χ0) is 13.6. The second-order valence-electron chi connectivity index (χ2n) is 7.85. The summed E-state index contributed by atoms with van der Waals surface area (Å²) in [6.45, 7) is 16.0. The molecule has 2 rings (SSSR count). The molecule has 0 aromatic carbocycles. The van der Waals surface area contributed by atoms with Gasteiger partial charge in [0.25, 0.3) is 0 Å². The number of β-amino-alcohol motifs (C(OH)–C–C–N with tert-alkyl or cyclic N) is 1. The summed E-state index contributed by atoms with van der Waals surface area (Å²) in [6, 6.07) is 0. The van der Waals surface area contributed by atoms with Gasteiger partial charge in [-0.3, -0.25) is 9.80 Å². The van der Waals surface area contributed by atoms with E-state index in [1.165, 1.54) is 19.5 Å². The quantitative estimate of drug-likeness (QED) is 0.834. The summed E-state index contributed by atoms with van der Waals surface area (Å²) in [6.07, 6.45) is 2.10. The van der Waals surface area contributed by atoms with Crippen LogP contribution in [0.25, 0.3) is 0 Å². The lowest BCUT2D eigenvalue weighted by molar-refractivity contribution is -0.0157. The monoisotopic (exact) mass is 254 g/mol. The van der Waals surface area contributed by atoms with Crippen LogP contribution in [-0.2, 0) is 0 Å². The molecule has 2 aliphatic rings. The van der Waals surface area contributed by atoms with Crippen molar-refractivity contribution < 1.29 is 5.11 Å². The Morgan fingerprint density at radius 2 is 1.61 bits per heavy atom. The standard InChI is InChI=1S/C15H30N2O/c1-14(2,3)17-9-12(10-17)8-15(4,5)16-7-6-13(18)11-16/h12-13,18H,6-11H2,1-5H3/t13-/m0/s1. The molecule has 0 spiro atoms. The summed E-state index contributed by atoms with van der Waals surface area (Å²) < 4.78 is 0. The van der Waals surface area contributed by atoms with E-state index in [2.05, 4.69) is 44.4 Å². The van der Waals surface area contributed by atoms with Gasteiger partial charge in [0.2, 0.25) is 0 Å². The van der Waals surface area contributed by atoms with Crippen LogP contribution in [0.15, 0.2) is 0 Å². The average molecular weight is 254 g/mol. The van der Waals surface area contributed by atoms with Gasteiger partial charge in [0.05, 0.1) is 6.10 Å². The molecule has 1 N–H and O–H groups in total. The lowest BCUT2D eigenvalue weighted by Gasteiger charge is -2.51. The SMILES string of the molecule is CC(C)(C)N1CC(CC(C)(C)N2CC[C@H](O)C2)C1. The van der Waals surface area contributed by atoms with Crippen molar-refractivity contribution in [2.24, 2.45) is 5.92 Å². The highest BCUT2D eigenvalue weighted by atomic mass is 16.3. The van der Waals surface area contributed by atoms with E-state index in [4.69, 9.17) is 0 Å². The van der Waals surface area contributed by atoms with Gasteiger partial charge in [0, 0.05) is 37.3 Å². The Bertz CT molecular complexity index is 289. The molecule has 2 aliphatic heterocycles. The largest absolute Gasteiger partial charge is 0.392 e. The highest BCUT2D eigenvalue weighted by molar-refractivity contribution is 4.95. The van der Waals surface area contributed by atoms with Crippen molar-refractivity contribution in [3.8, 4) is 0 Å². The molecule has 0 amide bonds. The summed E-state index contributed by atoms with van der Waals surface area (Å²) in [5.74, 6) is 0.831. The molecule has 2 saturated heterocycles. The third-order valence-corrected chi connectivity index (χ3v) is 4.71. The minimum atomic E-state index is -0.100. The van der Waals surface area contributed by atoms with E-state index in [1.807, 2.05) is 0 Å². The first kappa shape index (κ1) is 14.3. The van der Waals surface area contributed by atoms with E-state index in [0.717, 1.165) is 25.4 Å². The van der Waals surface area contributed by atoms with E-state index >= 15 is 0 Å². The van der Waals surface area contributed by atoms with Gasteiger partial charge >= 0.3 is 0 Å². The first-order valence-corrected chi connectivity index (χ1v) is 7.37. The van der Waals surface area contributed by atoms with Crippen LogP contribution in [0.4, 0.5) is 0 Å². The Labute approximate surface area is 112 Å². The molecular formula is C15H30N2O. The van der Waals surface area contributed by atoms with Gasteiger partial charge in [0.15, 0.2) is 0 Å². The fraction of sp³-hybridized carbons (Fsp3) is 1.00. The van der Waals surface area contributed by atoms with Gasteiger partial charge in [-0.15, -0.1) is 0 Å². The van der Waals surface area contributed by atoms with E-state index in [1.54, 1.807) is 0 Å². The average Bonchev–Trinajstić information content (AvgIpc) is 2.56. The van der Waals surface area contributed by atoms with Crippen molar-refractivity contribution in [1.82, 2.24) is 9.80 Å². The van der Waals surface area contributed by atoms with Crippen molar-refractivity contribution >= 4 is 0 Å². The zero-order valence-corrected chi connectivity index (χ0v) is 12.7. The maximum absolute atomic E-state index is 9.67. The first-order chi connectivity index (χ1) is 8.18. The molecule has 0 unspecified atom stereocenters. The second kappa shape index (κ2) is 4.77.